The maximum absolute atomic E-state index is 5.45. The van der Waals surface area contributed by atoms with E-state index in [0.717, 1.165) is 36.9 Å². The van der Waals surface area contributed by atoms with Gasteiger partial charge in [-0.1, -0.05) is 0 Å². The molecule has 5 heteroatoms. The molecule has 0 aromatic carbocycles. The van der Waals surface area contributed by atoms with Crippen LogP contribution in [-0.4, -0.2) is 41.5 Å². The van der Waals surface area contributed by atoms with Crippen LogP contribution in [0.15, 0.2) is 23.6 Å². The number of thioether (sulfide) groups is 1. The van der Waals surface area contributed by atoms with E-state index < -0.39 is 0 Å². The van der Waals surface area contributed by atoms with Crippen molar-refractivity contribution in [2.24, 2.45) is 0 Å². The summed E-state index contributed by atoms with van der Waals surface area (Å²) in [5.74, 6) is 1.02. The molecule has 0 saturated carbocycles. The molecule has 1 N–H and O–H groups in total. The fourth-order valence-electron chi connectivity index (χ4n) is 1.23. The van der Waals surface area contributed by atoms with E-state index in [0.29, 0.717) is 6.10 Å². The van der Waals surface area contributed by atoms with E-state index in [1.165, 1.54) is 0 Å². The van der Waals surface area contributed by atoms with Gasteiger partial charge in [0, 0.05) is 31.3 Å². The van der Waals surface area contributed by atoms with Crippen LogP contribution in [0.25, 0.3) is 0 Å². The molecule has 1 rings (SSSR count). The Morgan fingerprint density at radius 3 is 2.94 bits per heavy atom. The Morgan fingerprint density at radius 2 is 2.24 bits per heavy atom. The third-order valence-corrected chi connectivity index (χ3v) is 2.93. The van der Waals surface area contributed by atoms with Crippen molar-refractivity contribution < 1.29 is 4.74 Å². The summed E-state index contributed by atoms with van der Waals surface area (Å²) in [6, 6.07) is 0. The zero-order valence-corrected chi connectivity index (χ0v) is 11.4. The quantitative estimate of drug-likeness (QED) is 0.540. The lowest BCUT2D eigenvalue weighted by molar-refractivity contribution is 0.0772. The first-order valence-electron chi connectivity index (χ1n) is 6.00. The molecule has 0 atom stereocenters. The number of nitrogens with one attached hydrogen (secondary N) is 1. The number of rotatable bonds is 9. The normalized spacial score (nSPS) is 11.0. The highest BCUT2D eigenvalue weighted by Gasteiger charge is 1.95. The number of hydrogen-bond donors (Lipinski definition) is 1. The van der Waals surface area contributed by atoms with Crippen LogP contribution in [0.1, 0.15) is 20.3 Å². The third kappa shape index (κ3) is 8.12. The molecule has 17 heavy (non-hydrogen) atoms. The van der Waals surface area contributed by atoms with E-state index in [2.05, 4.69) is 29.1 Å². The molecule has 0 aliphatic rings. The van der Waals surface area contributed by atoms with Crippen molar-refractivity contribution >= 4 is 11.8 Å². The summed E-state index contributed by atoms with van der Waals surface area (Å²) in [6.07, 6.45) is 6.60. The molecule has 0 aliphatic carbocycles. The van der Waals surface area contributed by atoms with E-state index in [9.17, 15) is 0 Å². The van der Waals surface area contributed by atoms with Gasteiger partial charge in [-0.2, -0.15) is 0 Å². The summed E-state index contributed by atoms with van der Waals surface area (Å²) in [7, 11) is 0. The second-order valence-electron chi connectivity index (χ2n) is 3.92. The lowest BCUT2D eigenvalue weighted by atomic mass is 10.4. The van der Waals surface area contributed by atoms with Gasteiger partial charge in [-0.05, 0) is 26.8 Å². The third-order valence-electron chi connectivity index (χ3n) is 2.02. The van der Waals surface area contributed by atoms with E-state index in [4.69, 9.17) is 4.74 Å². The Bertz CT molecular complexity index is 282. The summed E-state index contributed by atoms with van der Waals surface area (Å²) < 4.78 is 5.45. The topological polar surface area (TPSA) is 47.0 Å². The van der Waals surface area contributed by atoms with Gasteiger partial charge in [-0.25, -0.2) is 4.98 Å². The molecule has 0 bridgehead atoms. The van der Waals surface area contributed by atoms with Crippen LogP contribution in [0, 0.1) is 0 Å². The molecule has 0 amide bonds. The van der Waals surface area contributed by atoms with Crippen LogP contribution in [0.2, 0.25) is 0 Å². The molecular formula is C12H21N3OS. The molecule has 4 nitrogen and oxygen atoms in total. The van der Waals surface area contributed by atoms with E-state index in [1.807, 2.05) is 0 Å². The Labute approximate surface area is 108 Å². The van der Waals surface area contributed by atoms with Gasteiger partial charge in [0.15, 0.2) is 0 Å². The molecule has 1 heterocycles. The lowest BCUT2D eigenvalue weighted by Crippen LogP contribution is -2.20. The summed E-state index contributed by atoms with van der Waals surface area (Å²) in [5.41, 5.74) is 0. The average molecular weight is 255 g/mol. The Morgan fingerprint density at radius 1 is 1.35 bits per heavy atom. The van der Waals surface area contributed by atoms with Crippen LogP contribution in [-0.2, 0) is 4.74 Å². The fourth-order valence-corrected chi connectivity index (χ4v) is 1.96. The molecule has 0 saturated heterocycles. The predicted molar refractivity (Wildman–Crippen MR) is 71.3 cm³/mol. The zero-order chi connectivity index (χ0) is 12.3. The van der Waals surface area contributed by atoms with Gasteiger partial charge >= 0.3 is 0 Å². The minimum atomic E-state index is 0.335. The number of aromatic nitrogens is 2. The molecule has 96 valence electrons. The van der Waals surface area contributed by atoms with Gasteiger partial charge in [-0.3, -0.25) is 4.98 Å². The molecule has 1 aromatic heterocycles. The molecule has 1 aromatic rings. The van der Waals surface area contributed by atoms with Crippen LogP contribution < -0.4 is 5.32 Å². The minimum Gasteiger partial charge on any atom is -0.379 e. The van der Waals surface area contributed by atoms with Gasteiger partial charge in [-0.15, -0.1) is 11.8 Å². The average Bonchev–Trinajstić information content (AvgIpc) is 2.33. The van der Waals surface area contributed by atoms with E-state index >= 15 is 0 Å². The first-order chi connectivity index (χ1) is 8.29. The minimum absolute atomic E-state index is 0.335. The van der Waals surface area contributed by atoms with Crippen molar-refractivity contribution in [1.82, 2.24) is 15.3 Å². The molecule has 0 spiro atoms. The van der Waals surface area contributed by atoms with Crippen molar-refractivity contribution in [2.45, 2.75) is 31.4 Å². The van der Waals surface area contributed by atoms with Crippen LogP contribution in [0.5, 0.6) is 0 Å². The Balaban J connectivity index is 1.88. The van der Waals surface area contributed by atoms with Gasteiger partial charge in [0.1, 0.15) is 5.03 Å². The van der Waals surface area contributed by atoms with Gasteiger partial charge in [0.25, 0.3) is 0 Å². The molecular weight excluding hydrogens is 234 g/mol. The van der Waals surface area contributed by atoms with Crippen molar-refractivity contribution in [3.63, 3.8) is 0 Å². The van der Waals surface area contributed by atoms with Gasteiger partial charge < -0.3 is 10.1 Å². The van der Waals surface area contributed by atoms with E-state index in [1.54, 1.807) is 30.4 Å². The monoisotopic (exact) mass is 255 g/mol. The van der Waals surface area contributed by atoms with Crippen molar-refractivity contribution in [3.05, 3.63) is 18.6 Å². The number of ether oxygens (including phenoxy) is 1. The number of hydrogen-bond acceptors (Lipinski definition) is 5. The fraction of sp³-hybridized carbons (Fsp3) is 0.667. The first-order valence-corrected chi connectivity index (χ1v) is 6.98. The summed E-state index contributed by atoms with van der Waals surface area (Å²) >= 11 is 1.72. The smallest absolute Gasteiger partial charge is 0.114 e. The second-order valence-corrected chi connectivity index (χ2v) is 5.03. The predicted octanol–water partition coefficient (Wildman–Crippen LogP) is 1.97. The van der Waals surface area contributed by atoms with Crippen LogP contribution in [0.4, 0.5) is 0 Å². The summed E-state index contributed by atoms with van der Waals surface area (Å²) in [6.45, 7) is 6.95. The highest BCUT2D eigenvalue weighted by atomic mass is 32.2. The summed E-state index contributed by atoms with van der Waals surface area (Å²) in [5, 5.41) is 4.36. The largest absolute Gasteiger partial charge is 0.379 e. The zero-order valence-electron chi connectivity index (χ0n) is 10.6. The molecule has 0 aliphatic heterocycles. The van der Waals surface area contributed by atoms with Gasteiger partial charge in [0.2, 0.25) is 0 Å². The van der Waals surface area contributed by atoms with Crippen LogP contribution >= 0.6 is 11.8 Å². The van der Waals surface area contributed by atoms with Crippen molar-refractivity contribution in [1.29, 1.82) is 0 Å². The Hall–Kier alpha value is -0.650. The highest BCUT2D eigenvalue weighted by Crippen LogP contribution is 2.11. The highest BCUT2D eigenvalue weighted by molar-refractivity contribution is 7.99. The number of nitrogens with zero attached hydrogens (tertiary/aromatic N) is 2. The van der Waals surface area contributed by atoms with Crippen molar-refractivity contribution in [3.8, 4) is 0 Å². The summed E-state index contributed by atoms with van der Waals surface area (Å²) in [4.78, 5) is 8.22. The standard InChI is InChI=1S/C12H21N3OS/c1-11(2)16-8-3-4-13-7-9-17-12-10-14-5-6-15-12/h5-6,10-11,13H,3-4,7-9H2,1-2H3. The SMILES string of the molecule is CC(C)OCCCNCCSc1cnccn1. The Kier molecular flexibility index (Phi) is 7.96. The molecule has 0 fully saturated rings. The lowest BCUT2D eigenvalue weighted by Gasteiger charge is -2.07. The second kappa shape index (κ2) is 9.39. The van der Waals surface area contributed by atoms with E-state index in [-0.39, 0.29) is 0 Å². The molecule has 0 unspecified atom stereocenters. The van der Waals surface area contributed by atoms with Gasteiger partial charge in [0.05, 0.1) is 12.3 Å². The van der Waals surface area contributed by atoms with Crippen LogP contribution in [0.3, 0.4) is 0 Å². The maximum Gasteiger partial charge on any atom is 0.114 e. The molecule has 0 radical (unpaired) electrons. The van der Waals surface area contributed by atoms with Crippen molar-refractivity contribution in [2.75, 3.05) is 25.4 Å². The first kappa shape index (κ1) is 14.4. The maximum atomic E-state index is 5.45.